The molecule has 0 aromatic heterocycles. The van der Waals surface area contributed by atoms with Crippen LogP contribution in [0.15, 0.2) is 78.9 Å². The zero-order valence-electron chi connectivity index (χ0n) is 20.5. The fraction of sp³-hybridized carbons (Fsp3) is 0.267. The van der Waals surface area contributed by atoms with Crippen LogP contribution >= 0.6 is 0 Å². The molecular formula is C30H30O5. The van der Waals surface area contributed by atoms with Crippen molar-refractivity contribution in [2.45, 2.75) is 44.6 Å². The van der Waals surface area contributed by atoms with Crippen molar-refractivity contribution in [1.82, 2.24) is 0 Å². The molecule has 2 atom stereocenters. The zero-order valence-corrected chi connectivity index (χ0v) is 20.5. The van der Waals surface area contributed by atoms with Gasteiger partial charge in [0.25, 0.3) is 0 Å². The van der Waals surface area contributed by atoms with Crippen molar-refractivity contribution >= 4 is 18.0 Å². The number of rotatable bonds is 6. The summed E-state index contributed by atoms with van der Waals surface area (Å²) >= 11 is 0. The third kappa shape index (κ3) is 5.99. The molecule has 0 spiro atoms. The van der Waals surface area contributed by atoms with Gasteiger partial charge in [-0.15, -0.1) is 0 Å². The van der Waals surface area contributed by atoms with E-state index in [2.05, 4.69) is 0 Å². The summed E-state index contributed by atoms with van der Waals surface area (Å²) in [5, 5.41) is 0. The Hall–Kier alpha value is -3.86. The zero-order chi connectivity index (χ0) is 25.0. The monoisotopic (exact) mass is 470 g/mol. The van der Waals surface area contributed by atoms with Crippen LogP contribution in [0.25, 0.3) is 6.08 Å². The standard InChI is InChI=1S/C30H30O5/c1-30(2,3)35-27(31)17-14-20-10-12-21(13-11-20)18-25-24-16-15-23(33-4)19-26(24)34-29(32)28(25)22-8-6-5-7-9-22/h5-17,19,25,28H,18H2,1-4H3. The normalized spacial score (nSPS) is 17.5. The minimum atomic E-state index is -0.526. The van der Waals surface area contributed by atoms with Gasteiger partial charge in [-0.1, -0.05) is 60.7 Å². The number of ether oxygens (including phenoxy) is 3. The first-order valence-electron chi connectivity index (χ1n) is 11.7. The molecule has 1 aliphatic heterocycles. The van der Waals surface area contributed by atoms with E-state index in [-0.39, 0.29) is 17.9 Å². The Bertz CT molecular complexity index is 1220. The summed E-state index contributed by atoms with van der Waals surface area (Å²) in [6, 6.07) is 23.4. The van der Waals surface area contributed by atoms with E-state index in [4.69, 9.17) is 14.2 Å². The highest BCUT2D eigenvalue weighted by atomic mass is 16.6. The number of fused-ring (bicyclic) bond motifs is 1. The fourth-order valence-electron chi connectivity index (χ4n) is 4.33. The van der Waals surface area contributed by atoms with Crippen molar-refractivity contribution in [3.05, 3.63) is 101 Å². The van der Waals surface area contributed by atoms with Crippen molar-refractivity contribution in [3.8, 4) is 11.5 Å². The van der Waals surface area contributed by atoms with Crippen LogP contribution in [0.5, 0.6) is 11.5 Å². The molecule has 2 unspecified atom stereocenters. The average molecular weight is 471 g/mol. The predicted octanol–water partition coefficient (Wildman–Crippen LogP) is 6.08. The van der Waals surface area contributed by atoms with Crippen LogP contribution in [0.1, 0.15) is 54.9 Å². The number of hydrogen-bond acceptors (Lipinski definition) is 5. The van der Waals surface area contributed by atoms with E-state index in [9.17, 15) is 9.59 Å². The molecule has 5 heteroatoms. The van der Waals surface area contributed by atoms with Gasteiger partial charge in [0.1, 0.15) is 17.1 Å². The van der Waals surface area contributed by atoms with Crippen LogP contribution in [-0.4, -0.2) is 24.6 Å². The highest BCUT2D eigenvalue weighted by Gasteiger charge is 2.39. The van der Waals surface area contributed by atoms with Gasteiger partial charge in [-0.05, 0) is 61.6 Å². The molecule has 3 aromatic rings. The van der Waals surface area contributed by atoms with Gasteiger partial charge in [0.05, 0.1) is 13.0 Å². The summed E-state index contributed by atoms with van der Waals surface area (Å²) in [4.78, 5) is 25.1. The lowest BCUT2D eigenvalue weighted by Gasteiger charge is -2.32. The van der Waals surface area contributed by atoms with E-state index >= 15 is 0 Å². The molecule has 35 heavy (non-hydrogen) atoms. The Labute approximate surface area is 206 Å². The van der Waals surface area contributed by atoms with Crippen molar-refractivity contribution in [3.63, 3.8) is 0 Å². The van der Waals surface area contributed by atoms with Gasteiger partial charge in [0, 0.05) is 18.1 Å². The van der Waals surface area contributed by atoms with Gasteiger partial charge < -0.3 is 14.2 Å². The fourth-order valence-corrected chi connectivity index (χ4v) is 4.33. The number of benzene rings is 3. The van der Waals surface area contributed by atoms with Crippen LogP contribution in [-0.2, 0) is 20.7 Å². The SMILES string of the molecule is COc1ccc2c(c1)OC(=O)C(c1ccccc1)C2Cc1ccc(C=CC(=O)OC(C)(C)C)cc1. The Morgan fingerprint density at radius 3 is 2.37 bits per heavy atom. The summed E-state index contributed by atoms with van der Waals surface area (Å²) < 4.78 is 16.4. The number of methoxy groups -OCH3 is 1. The summed E-state index contributed by atoms with van der Waals surface area (Å²) in [5.74, 6) is 0.0449. The molecule has 0 N–H and O–H groups in total. The van der Waals surface area contributed by atoms with Gasteiger partial charge in [0.2, 0.25) is 0 Å². The first-order valence-corrected chi connectivity index (χ1v) is 11.7. The second kappa shape index (κ2) is 10.2. The maximum atomic E-state index is 13.1. The van der Waals surface area contributed by atoms with Crippen LogP contribution in [0.2, 0.25) is 0 Å². The summed E-state index contributed by atoms with van der Waals surface area (Å²) in [6.07, 6.45) is 3.83. The minimum absolute atomic E-state index is 0.0947. The molecule has 0 saturated heterocycles. The lowest BCUT2D eigenvalue weighted by molar-refractivity contribution is -0.148. The molecule has 0 bridgehead atoms. The van der Waals surface area contributed by atoms with Crippen LogP contribution < -0.4 is 9.47 Å². The van der Waals surface area contributed by atoms with Crippen molar-refractivity contribution in [2.75, 3.05) is 7.11 Å². The second-order valence-electron chi connectivity index (χ2n) is 9.63. The molecule has 0 amide bonds. The Morgan fingerprint density at radius 2 is 1.71 bits per heavy atom. The van der Waals surface area contributed by atoms with E-state index < -0.39 is 11.5 Å². The molecule has 180 valence electrons. The molecule has 1 aliphatic rings. The largest absolute Gasteiger partial charge is 0.497 e. The maximum absolute atomic E-state index is 13.1. The number of carbonyl (C=O) groups is 2. The van der Waals surface area contributed by atoms with E-state index in [0.29, 0.717) is 17.9 Å². The molecule has 1 heterocycles. The number of esters is 2. The summed E-state index contributed by atoms with van der Waals surface area (Å²) in [6.45, 7) is 5.52. The molecule has 5 nitrogen and oxygen atoms in total. The van der Waals surface area contributed by atoms with Crippen LogP contribution in [0, 0.1) is 0 Å². The third-order valence-electron chi connectivity index (χ3n) is 5.90. The van der Waals surface area contributed by atoms with Crippen LogP contribution in [0.3, 0.4) is 0 Å². The Kier molecular flexibility index (Phi) is 7.06. The molecule has 0 radical (unpaired) electrons. The summed E-state index contributed by atoms with van der Waals surface area (Å²) in [7, 11) is 1.59. The van der Waals surface area contributed by atoms with Crippen molar-refractivity contribution < 1.29 is 23.8 Å². The Morgan fingerprint density at radius 1 is 1.00 bits per heavy atom. The predicted molar refractivity (Wildman–Crippen MR) is 136 cm³/mol. The first kappa shape index (κ1) is 24.3. The maximum Gasteiger partial charge on any atom is 0.331 e. The highest BCUT2D eigenvalue weighted by molar-refractivity contribution is 5.87. The molecule has 0 aliphatic carbocycles. The highest BCUT2D eigenvalue weighted by Crippen LogP contribution is 2.45. The molecule has 4 rings (SSSR count). The Balaban J connectivity index is 1.60. The smallest absolute Gasteiger partial charge is 0.331 e. The van der Waals surface area contributed by atoms with Gasteiger partial charge in [-0.3, -0.25) is 4.79 Å². The summed E-state index contributed by atoms with van der Waals surface area (Å²) in [5.41, 5.74) is 3.37. The molecular weight excluding hydrogens is 440 g/mol. The van der Waals surface area contributed by atoms with E-state index in [1.807, 2.05) is 87.5 Å². The van der Waals surface area contributed by atoms with Gasteiger partial charge in [-0.2, -0.15) is 0 Å². The topological polar surface area (TPSA) is 61.8 Å². The van der Waals surface area contributed by atoms with E-state index in [1.165, 1.54) is 6.08 Å². The average Bonchev–Trinajstić information content (AvgIpc) is 2.82. The number of carbonyl (C=O) groups excluding carboxylic acids is 2. The van der Waals surface area contributed by atoms with Crippen molar-refractivity contribution in [2.24, 2.45) is 0 Å². The quantitative estimate of drug-likeness (QED) is 0.248. The molecule has 0 fully saturated rings. The molecule has 3 aromatic carbocycles. The van der Waals surface area contributed by atoms with Crippen molar-refractivity contribution in [1.29, 1.82) is 0 Å². The van der Waals surface area contributed by atoms with Gasteiger partial charge in [0.15, 0.2) is 0 Å². The second-order valence-corrected chi connectivity index (χ2v) is 9.63. The molecule has 0 saturated carbocycles. The lowest BCUT2D eigenvalue weighted by atomic mass is 9.76. The lowest BCUT2D eigenvalue weighted by Crippen LogP contribution is -2.31. The van der Waals surface area contributed by atoms with Crippen LogP contribution in [0.4, 0.5) is 0 Å². The van der Waals surface area contributed by atoms with Gasteiger partial charge in [-0.25, -0.2) is 4.79 Å². The third-order valence-corrected chi connectivity index (χ3v) is 5.90. The number of hydrogen-bond donors (Lipinski definition) is 0. The minimum Gasteiger partial charge on any atom is -0.497 e. The van der Waals surface area contributed by atoms with Gasteiger partial charge >= 0.3 is 11.9 Å². The van der Waals surface area contributed by atoms with E-state index in [1.54, 1.807) is 19.3 Å². The first-order chi connectivity index (χ1) is 16.7. The van der Waals surface area contributed by atoms with E-state index in [0.717, 1.165) is 22.3 Å².